The summed E-state index contributed by atoms with van der Waals surface area (Å²) in [6, 6.07) is 5.95. The van der Waals surface area contributed by atoms with E-state index in [1.54, 1.807) is 0 Å². The molecule has 1 saturated carbocycles. The Morgan fingerprint density at radius 3 is 2.50 bits per heavy atom. The molecule has 1 aliphatic rings. The summed E-state index contributed by atoms with van der Waals surface area (Å²) in [5.74, 6) is 0.940. The smallest absolute Gasteiger partial charge is 0.0327 e. The number of hydrogen-bond acceptors (Lipinski definition) is 3. The van der Waals surface area contributed by atoms with Crippen molar-refractivity contribution >= 4 is 11.3 Å². The molecule has 0 saturated heterocycles. The first-order valence-electron chi connectivity index (χ1n) is 8.05. The van der Waals surface area contributed by atoms with Gasteiger partial charge in [0, 0.05) is 34.9 Å². The third-order valence-corrected chi connectivity index (χ3v) is 5.49. The third-order valence-electron chi connectivity index (χ3n) is 4.42. The van der Waals surface area contributed by atoms with Gasteiger partial charge in [0.1, 0.15) is 0 Å². The van der Waals surface area contributed by atoms with Crippen molar-refractivity contribution in [2.45, 2.75) is 71.6 Å². The van der Waals surface area contributed by atoms with Crippen molar-refractivity contribution < 1.29 is 0 Å². The molecule has 1 aromatic heterocycles. The molecule has 0 spiro atoms. The van der Waals surface area contributed by atoms with Gasteiger partial charge in [0.15, 0.2) is 0 Å². The third kappa shape index (κ3) is 4.87. The number of hydrogen-bond donors (Lipinski definition) is 1. The topological polar surface area (TPSA) is 15.3 Å². The molecular formula is C17H30N2S. The van der Waals surface area contributed by atoms with Crippen LogP contribution in [0.4, 0.5) is 0 Å². The Morgan fingerprint density at radius 2 is 1.85 bits per heavy atom. The highest BCUT2D eigenvalue weighted by molar-refractivity contribution is 7.11. The van der Waals surface area contributed by atoms with Crippen molar-refractivity contribution in [3.05, 3.63) is 21.9 Å². The normalized spacial score (nSPS) is 23.7. The second kappa shape index (κ2) is 7.58. The van der Waals surface area contributed by atoms with E-state index in [2.05, 4.69) is 50.2 Å². The number of thiophene rings is 1. The summed E-state index contributed by atoms with van der Waals surface area (Å²) in [4.78, 5) is 5.53. The summed E-state index contributed by atoms with van der Waals surface area (Å²) in [5, 5.41) is 3.49. The molecular weight excluding hydrogens is 264 g/mol. The minimum atomic E-state index is 0.562. The van der Waals surface area contributed by atoms with Gasteiger partial charge in [0.25, 0.3) is 0 Å². The predicted octanol–water partition coefficient (Wildman–Crippen LogP) is 4.26. The second-order valence-corrected chi connectivity index (χ2v) is 7.99. The van der Waals surface area contributed by atoms with Crippen LogP contribution in [0.25, 0.3) is 0 Å². The van der Waals surface area contributed by atoms with Crippen LogP contribution in [0.15, 0.2) is 12.1 Å². The summed E-state index contributed by atoms with van der Waals surface area (Å²) < 4.78 is 0. The highest BCUT2D eigenvalue weighted by atomic mass is 32.1. The van der Waals surface area contributed by atoms with Gasteiger partial charge < -0.3 is 5.32 Å². The zero-order valence-electron chi connectivity index (χ0n) is 13.5. The molecule has 3 heteroatoms. The van der Waals surface area contributed by atoms with Crippen molar-refractivity contribution in [3.63, 3.8) is 0 Å². The molecule has 1 aromatic rings. The molecule has 1 fully saturated rings. The molecule has 0 bridgehead atoms. The van der Waals surface area contributed by atoms with E-state index < -0.39 is 0 Å². The lowest BCUT2D eigenvalue weighted by atomic mass is 9.87. The van der Waals surface area contributed by atoms with E-state index in [1.807, 2.05) is 11.3 Å². The summed E-state index contributed by atoms with van der Waals surface area (Å²) in [5.41, 5.74) is 0. The number of rotatable bonds is 6. The standard InChI is InChI=1S/C17H30N2S/c1-13(2)18-11-16-9-10-17(20-16)12-19(4)15-7-5-14(3)6-8-15/h9-10,13-15,18H,5-8,11-12H2,1-4H3. The maximum Gasteiger partial charge on any atom is 0.0327 e. The quantitative estimate of drug-likeness (QED) is 0.843. The fourth-order valence-corrected chi connectivity index (χ4v) is 4.00. The molecule has 0 radical (unpaired) electrons. The average molecular weight is 295 g/mol. The molecule has 0 atom stereocenters. The first kappa shape index (κ1) is 16.0. The van der Waals surface area contributed by atoms with Crippen LogP contribution < -0.4 is 5.32 Å². The number of nitrogens with zero attached hydrogens (tertiary/aromatic N) is 1. The molecule has 0 aromatic carbocycles. The van der Waals surface area contributed by atoms with E-state index in [1.165, 1.54) is 35.4 Å². The Balaban J connectivity index is 1.80. The van der Waals surface area contributed by atoms with Gasteiger partial charge in [-0.1, -0.05) is 20.8 Å². The van der Waals surface area contributed by atoms with Crippen LogP contribution >= 0.6 is 11.3 Å². The molecule has 114 valence electrons. The Labute approximate surface area is 128 Å². The van der Waals surface area contributed by atoms with Crippen molar-refractivity contribution in [2.24, 2.45) is 5.92 Å². The lowest BCUT2D eigenvalue weighted by molar-refractivity contribution is 0.165. The molecule has 2 nitrogen and oxygen atoms in total. The highest BCUT2D eigenvalue weighted by Crippen LogP contribution is 2.28. The van der Waals surface area contributed by atoms with E-state index in [4.69, 9.17) is 0 Å². The monoisotopic (exact) mass is 294 g/mol. The van der Waals surface area contributed by atoms with Gasteiger partial charge in [-0.3, -0.25) is 4.90 Å². The molecule has 1 N–H and O–H groups in total. The molecule has 20 heavy (non-hydrogen) atoms. The van der Waals surface area contributed by atoms with E-state index >= 15 is 0 Å². The summed E-state index contributed by atoms with van der Waals surface area (Å²) in [6.45, 7) is 8.92. The summed E-state index contributed by atoms with van der Waals surface area (Å²) in [6.07, 6.45) is 5.57. The molecule has 1 heterocycles. The fourth-order valence-electron chi connectivity index (χ4n) is 2.97. The Bertz CT molecular complexity index is 391. The molecule has 0 amide bonds. The van der Waals surface area contributed by atoms with Gasteiger partial charge in [0.2, 0.25) is 0 Å². The van der Waals surface area contributed by atoms with Crippen molar-refractivity contribution in [3.8, 4) is 0 Å². The van der Waals surface area contributed by atoms with Crippen LogP contribution in [-0.4, -0.2) is 24.0 Å². The molecule has 1 aliphatic carbocycles. The van der Waals surface area contributed by atoms with Gasteiger partial charge >= 0.3 is 0 Å². The lowest BCUT2D eigenvalue weighted by Gasteiger charge is -2.33. The van der Waals surface area contributed by atoms with Crippen LogP contribution in [-0.2, 0) is 13.1 Å². The first-order valence-corrected chi connectivity index (χ1v) is 8.87. The van der Waals surface area contributed by atoms with Gasteiger partial charge in [-0.15, -0.1) is 11.3 Å². The molecule has 2 rings (SSSR count). The average Bonchev–Trinajstić information content (AvgIpc) is 2.84. The van der Waals surface area contributed by atoms with Gasteiger partial charge in [-0.2, -0.15) is 0 Å². The van der Waals surface area contributed by atoms with Crippen LogP contribution in [0.3, 0.4) is 0 Å². The minimum Gasteiger partial charge on any atom is -0.310 e. The minimum absolute atomic E-state index is 0.562. The Hall–Kier alpha value is -0.380. The lowest BCUT2D eigenvalue weighted by Crippen LogP contribution is -2.34. The Morgan fingerprint density at radius 1 is 1.20 bits per heavy atom. The zero-order valence-corrected chi connectivity index (χ0v) is 14.3. The number of nitrogens with one attached hydrogen (secondary N) is 1. The predicted molar refractivity (Wildman–Crippen MR) is 89.2 cm³/mol. The van der Waals surface area contributed by atoms with Gasteiger partial charge in [0.05, 0.1) is 0 Å². The van der Waals surface area contributed by atoms with Crippen molar-refractivity contribution in [1.29, 1.82) is 0 Å². The van der Waals surface area contributed by atoms with E-state index in [0.717, 1.165) is 25.0 Å². The van der Waals surface area contributed by atoms with Gasteiger partial charge in [-0.05, 0) is 50.8 Å². The second-order valence-electron chi connectivity index (χ2n) is 6.73. The molecule has 0 aliphatic heterocycles. The van der Waals surface area contributed by atoms with Crippen LogP contribution in [0.2, 0.25) is 0 Å². The molecule has 0 unspecified atom stereocenters. The van der Waals surface area contributed by atoms with E-state index in [9.17, 15) is 0 Å². The fraction of sp³-hybridized carbons (Fsp3) is 0.765. The van der Waals surface area contributed by atoms with E-state index in [-0.39, 0.29) is 0 Å². The van der Waals surface area contributed by atoms with Crippen LogP contribution in [0, 0.1) is 5.92 Å². The summed E-state index contributed by atoms with van der Waals surface area (Å²) in [7, 11) is 2.30. The first-order chi connectivity index (χ1) is 9.54. The van der Waals surface area contributed by atoms with E-state index in [0.29, 0.717) is 6.04 Å². The summed E-state index contributed by atoms with van der Waals surface area (Å²) >= 11 is 1.96. The Kier molecular flexibility index (Phi) is 6.06. The zero-order chi connectivity index (χ0) is 14.5. The highest BCUT2D eigenvalue weighted by Gasteiger charge is 2.21. The van der Waals surface area contributed by atoms with Crippen LogP contribution in [0.5, 0.6) is 0 Å². The van der Waals surface area contributed by atoms with Crippen molar-refractivity contribution in [2.75, 3.05) is 7.05 Å². The maximum atomic E-state index is 3.49. The largest absolute Gasteiger partial charge is 0.310 e. The van der Waals surface area contributed by atoms with Gasteiger partial charge in [-0.25, -0.2) is 0 Å². The van der Waals surface area contributed by atoms with Crippen molar-refractivity contribution in [1.82, 2.24) is 10.2 Å². The SMILES string of the molecule is CC1CCC(N(C)Cc2ccc(CNC(C)C)s2)CC1. The maximum absolute atomic E-state index is 3.49. The van der Waals surface area contributed by atoms with Crippen LogP contribution in [0.1, 0.15) is 56.2 Å².